The van der Waals surface area contributed by atoms with E-state index in [9.17, 15) is 18.0 Å². The van der Waals surface area contributed by atoms with Gasteiger partial charge in [-0.2, -0.15) is 13.2 Å². The van der Waals surface area contributed by atoms with Gasteiger partial charge < -0.3 is 10.1 Å². The average Bonchev–Trinajstić information content (AvgIpc) is 2.88. The molecule has 1 N–H and O–H groups in total. The van der Waals surface area contributed by atoms with Crippen molar-refractivity contribution in [1.29, 1.82) is 0 Å². The summed E-state index contributed by atoms with van der Waals surface area (Å²) in [6.45, 7) is 6.55. The third-order valence-electron chi connectivity index (χ3n) is 6.20. The first-order valence-corrected chi connectivity index (χ1v) is 13.2. The summed E-state index contributed by atoms with van der Waals surface area (Å²) in [7, 11) is 0. The molecule has 1 atom stereocenters. The Morgan fingerprint density at radius 3 is 2.46 bits per heavy atom. The summed E-state index contributed by atoms with van der Waals surface area (Å²) in [5.74, 6) is 0.811. The fraction of sp³-hybridized carbons (Fsp3) is 0.367. The SMILES string of the molecule is CCNC(=O)Cc1cccc(OCCCN(Cc2cccc(C(F)(F)F)c2Cl)CC(C)c2ccccc2)c1.Cl. The number of nitrogens with one attached hydrogen (secondary N) is 1. The number of amides is 1. The summed E-state index contributed by atoms with van der Waals surface area (Å²) in [5, 5.41) is 2.53. The van der Waals surface area contributed by atoms with Gasteiger partial charge in [0.1, 0.15) is 5.75 Å². The molecule has 0 spiro atoms. The summed E-state index contributed by atoms with van der Waals surface area (Å²) in [6.07, 6.45) is -3.55. The Morgan fingerprint density at radius 2 is 1.77 bits per heavy atom. The molecule has 1 amide bonds. The van der Waals surface area contributed by atoms with Crippen molar-refractivity contribution in [1.82, 2.24) is 10.2 Å². The molecule has 1 unspecified atom stereocenters. The number of hydrogen-bond acceptors (Lipinski definition) is 3. The van der Waals surface area contributed by atoms with E-state index in [0.717, 1.165) is 17.2 Å². The molecule has 0 saturated carbocycles. The number of nitrogens with zero attached hydrogens (tertiary/aromatic N) is 1. The molecule has 0 aliphatic heterocycles. The molecule has 3 rings (SSSR count). The molecule has 39 heavy (non-hydrogen) atoms. The van der Waals surface area contributed by atoms with Gasteiger partial charge >= 0.3 is 6.18 Å². The van der Waals surface area contributed by atoms with Crippen LogP contribution in [-0.2, 0) is 23.9 Å². The average molecular weight is 584 g/mol. The van der Waals surface area contributed by atoms with Crippen LogP contribution in [0.25, 0.3) is 0 Å². The highest BCUT2D eigenvalue weighted by Crippen LogP contribution is 2.36. The quantitative estimate of drug-likeness (QED) is 0.212. The molecule has 0 bridgehead atoms. The number of likely N-dealkylation sites (N-methyl/N-ethyl adjacent to an activating group) is 1. The zero-order valence-electron chi connectivity index (χ0n) is 22.1. The normalized spacial score (nSPS) is 12.1. The van der Waals surface area contributed by atoms with Crippen molar-refractivity contribution in [2.75, 3.05) is 26.2 Å². The van der Waals surface area contributed by atoms with Crippen molar-refractivity contribution < 1.29 is 22.7 Å². The Kier molecular flexibility index (Phi) is 13.1. The largest absolute Gasteiger partial charge is 0.494 e. The maximum Gasteiger partial charge on any atom is 0.417 e. The lowest BCUT2D eigenvalue weighted by Crippen LogP contribution is -2.30. The van der Waals surface area contributed by atoms with Gasteiger partial charge in [-0.3, -0.25) is 9.69 Å². The van der Waals surface area contributed by atoms with E-state index in [-0.39, 0.29) is 35.7 Å². The fourth-order valence-corrected chi connectivity index (χ4v) is 4.63. The minimum Gasteiger partial charge on any atom is -0.494 e. The molecule has 0 aromatic heterocycles. The standard InChI is InChI=1S/C30H34ClF3N2O2.ClH/c1-3-35-28(37)19-23-10-7-14-26(18-23)38-17-9-16-36(20-22(2)24-11-5-4-6-12-24)21-25-13-8-15-27(29(25)31)30(32,33)34;/h4-8,10-15,18,22H,3,9,16-17,19-21H2,1-2H3,(H,35,37);1H. The Labute approximate surface area is 239 Å². The number of ether oxygens (including phenoxy) is 1. The Hall–Kier alpha value is -2.74. The summed E-state index contributed by atoms with van der Waals surface area (Å²) < 4.78 is 46.2. The van der Waals surface area contributed by atoms with Crippen LogP contribution in [0.4, 0.5) is 13.2 Å². The van der Waals surface area contributed by atoms with Crippen LogP contribution >= 0.6 is 24.0 Å². The number of hydrogen-bond donors (Lipinski definition) is 1. The second kappa shape index (κ2) is 15.8. The number of halogens is 5. The van der Waals surface area contributed by atoms with Gasteiger partial charge in [-0.1, -0.05) is 73.1 Å². The second-order valence-corrected chi connectivity index (χ2v) is 9.68. The Bertz CT molecular complexity index is 1180. The first kappa shape index (κ1) is 32.5. The van der Waals surface area contributed by atoms with Crippen LogP contribution in [-0.4, -0.2) is 37.0 Å². The molecule has 0 fully saturated rings. The maximum absolute atomic E-state index is 13.4. The summed E-state index contributed by atoms with van der Waals surface area (Å²) in [6, 6.07) is 21.5. The third kappa shape index (κ3) is 10.4. The highest BCUT2D eigenvalue weighted by atomic mass is 35.5. The lowest BCUT2D eigenvalue weighted by molar-refractivity contribution is -0.137. The van der Waals surface area contributed by atoms with E-state index in [1.165, 1.54) is 6.07 Å². The molecule has 9 heteroatoms. The summed E-state index contributed by atoms with van der Waals surface area (Å²) >= 11 is 6.20. The van der Waals surface area contributed by atoms with Crippen molar-refractivity contribution in [2.45, 2.75) is 45.3 Å². The van der Waals surface area contributed by atoms with Crippen LogP contribution in [0, 0.1) is 0 Å². The molecule has 4 nitrogen and oxygen atoms in total. The summed E-state index contributed by atoms with van der Waals surface area (Å²) in [5.41, 5.74) is 1.66. The number of carbonyl (C=O) groups excluding carboxylic acids is 1. The van der Waals surface area contributed by atoms with Gasteiger partial charge in [-0.25, -0.2) is 0 Å². The van der Waals surface area contributed by atoms with E-state index in [4.69, 9.17) is 16.3 Å². The maximum atomic E-state index is 13.4. The van der Waals surface area contributed by atoms with Crippen molar-refractivity contribution in [3.63, 3.8) is 0 Å². The lowest BCUT2D eigenvalue weighted by atomic mass is 10.00. The topological polar surface area (TPSA) is 41.6 Å². The zero-order valence-corrected chi connectivity index (χ0v) is 23.7. The fourth-order valence-electron chi connectivity index (χ4n) is 4.34. The molecule has 0 saturated heterocycles. The van der Waals surface area contributed by atoms with Crippen molar-refractivity contribution in [3.05, 3.63) is 100 Å². The van der Waals surface area contributed by atoms with Gasteiger partial charge in [0.25, 0.3) is 0 Å². The van der Waals surface area contributed by atoms with E-state index in [1.54, 1.807) is 6.07 Å². The van der Waals surface area contributed by atoms with Gasteiger partial charge in [0.2, 0.25) is 5.91 Å². The number of rotatable bonds is 13. The van der Waals surface area contributed by atoms with Crippen LogP contribution in [0.15, 0.2) is 72.8 Å². The van der Waals surface area contributed by atoms with E-state index in [1.807, 2.05) is 49.4 Å². The number of alkyl halides is 3. The molecule has 0 radical (unpaired) electrons. The predicted octanol–water partition coefficient (Wildman–Crippen LogP) is 7.53. The van der Waals surface area contributed by atoms with Crippen LogP contribution in [0.5, 0.6) is 5.75 Å². The van der Waals surface area contributed by atoms with E-state index < -0.39 is 11.7 Å². The van der Waals surface area contributed by atoms with Crippen molar-refractivity contribution >= 4 is 29.9 Å². The predicted molar refractivity (Wildman–Crippen MR) is 153 cm³/mol. The summed E-state index contributed by atoms with van der Waals surface area (Å²) in [4.78, 5) is 14.0. The smallest absolute Gasteiger partial charge is 0.417 e. The van der Waals surface area contributed by atoms with Crippen LogP contribution in [0.1, 0.15) is 48.4 Å². The molecule has 0 aliphatic rings. The molecule has 212 valence electrons. The van der Waals surface area contributed by atoms with Crippen LogP contribution in [0.2, 0.25) is 5.02 Å². The van der Waals surface area contributed by atoms with Crippen LogP contribution in [0.3, 0.4) is 0 Å². The van der Waals surface area contributed by atoms with Gasteiger partial charge in [0.15, 0.2) is 0 Å². The van der Waals surface area contributed by atoms with Gasteiger partial charge in [-0.15, -0.1) is 12.4 Å². The van der Waals surface area contributed by atoms with Gasteiger partial charge in [-0.05, 0) is 54.2 Å². The molecule has 3 aromatic carbocycles. The molecular weight excluding hydrogens is 548 g/mol. The van der Waals surface area contributed by atoms with Gasteiger partial charge in [0, 0.05) is 26.2 Å². The highest BCUT2D eigenvalue weighted by molar-refractivity contribution is 6.32. The molecule has 0 aliphatic carbocycles. The number of carbonyl (C=O) groups is 1. The third-order valence-corrected chi connectivity index (χ3v) is 6.65. The minimum atomic E-state index is -4.51. The van der Waals surface area contributed by atoms with E-state index in [2.05, 4.69) is 29.3 Å². The van der Waals surface area contributed by atoms with Crippen molar-refractivity contribution in [3.8, 4) is 5.75 Å². The van der Waals surface area contributed by atoms with E-state index in [0.29, 0.717) is 50.5 Å². The molecule has 3 aromatic rings. The van der Waals surface area contributed by atoms with Crippen molar-refractivity contribution in [2.24, 2.45) is 0 Å². The second-order valence-electron chi connectivity index (χ2n) is 9.30. The zero-order chi connectivity index (χ0) is 27.5. The monoisotopic (exact) mass is 582 g/mol. The molecular formula is C30H35Cl2F3N2O2. The van der Waals surface area contributed by atoms with E-state index >= 15 is 0 Å². The molecule has 0 heterocycles. The van der Waals surface area contributed by atoms with Gasteiger partial charge in [0.05, 0.1) is 23.6 Å². The lowest BCUT2D eigenvalue weighted by Gasteiger charge is -2.27. The first-order valence-electron chi connectivity index (χ1n) is 12.8. The Balaban J connectivity index is 0.00000533. The van der Waals surface area contributed by atoms with Crippen LogP contribution < -0.4 is 10.1 Å². The minimum absolute atomic E-state index is 0. The number of benzene rings is 3. The highest BCUT2D eigenvalue weighted by Gasteiger charge is 2.34. The Morgan fingerprint density at radius 1 is 1.05 bits per heavy atom. The first-order chi connectivity index (χ1) is 18.2.